The highest BCUT2D eigenvalue weighted by Gasteiger charge is 2.03. The fourth-order valence-electron chi connectivity index (χ4n) is 2.04. The Hall–Kier alpha value is -2.18. The Morgan fingerprint density at radius 1 is 1.14 bits per heavy atom. The van der Waals surface area contributed by atoms with Gasteiger partial charge >= 0.3 is 0 Å². The van der Waals surface area contributed by atoms with Crippen LogP contribution in [0.3, 0.4) is 0 Å². The third-order valence-electron chi connectivity index (χ3n) is 3.16. The first-order valence-corrected chi connectivity index (χ1v) is 7.87. The molecule has 22 heavy (non-hydrogen) atoms. The molecule has 0 saturated heterocycles. The summed E-state index contributed by atoms with van der Waals surface area (Å²) in [6.45, 7) is 1.78. The Morgan fingerprint density at radius 2 is 2.09 bits per heavy atom. The molecule has 0 aliphatic carbocycles. The van der Waals surface area contributed by atoms with Crippen LogP contribution in [0.15, 0.2) is 42.0 Å². The van der Waals surface area contributed by atoms with Gasteiger partial charge in [0.25, 0.3) is 0 Å². The first kappa shape index (κ1) is 14.7. The van der Waals surface area contributed by atoms with E-state index in [1.54, 1.807) is 18.4 Å². The van der Waals surface area contributed by atoms with Crippen molar-refractivity contribution in [2.45, 2.75) is 6.54 Å². The second kappa shape index (κ2) is 7.20. The van der Waals surface area contributed by atoms with Gasteiger partial charge in [-0.15, -0.1) is 11.3 Å². The molecule has 6 heteroatoms. The van der Waals surface area contributed by atoms with Crippen LogP contribution in [0.1, 0.15) is 5.56 Å². The highest BCUT2D eigenvalue weighted by Crippen LogP contribution is 2.27. The zero-order chi connectivity index (χ0) is 15.2. The van der Waals surface area contributed by atoms with Gasteiger partial charge in [0.15, 0.2) is 0 Å². The van der Waals surface area contributed by atoms with Crippen LogP contribution < -0.4 is 10.1 Å². The second-order valence-corrected chi connectivity index (χ2v) is 5.61. The van der Waals surface area contributed by atoms with Crippen LogP contribution in [-0.4, -0.2) is 30.3 Å². The molecule has 3 heterocycles. The summed E-state index contributed by atoms with van der Waals surface area (Å²) < 4.78 is 11.6. The van der Waals surface area contributed by atoms with Crippen molar-refractivity contribution < 1.29 is 9.47 Å². The van der Waals surface area contributed by atoms with Crippen molar-refractivity contribution in [2.24, 2.45) is 0 Å². The molecule has 3 aromatic heterocycles. The number of rotatable bonds is 7. The maximum absolute atomic E-state index is 5.45. The van der Waals surface area contributed by atoms with Crippen LogP contribution in [0.4, 0.5) is 5.69 Å². The number of pyridine rings is 2. The lowest BCUT2D eigenvalue weighted by Crippen LogP contribution is -2.06. The van der Waals surface area contributed by atoms with E-state index in [1.165, 1.54) is 4.70 Å². The summed E-state index contributed by atoms with van der Waals surface area (Å²) in [5.41, 5.74) is 3.22. The molecule has 3 rings (SSSR count). The number of thiophene rings is 1. The van der Waals surface area contributed by atoms with Crippen LogP contribution in [-0.2, 0) is 11.3 Å². The van der Waals surface area contributed by atoms with Gasteiger partial charge in [-0.05, 0) is 23.1 Å². The third-order valence-corrected chi connectivity index (χ3v) is 4.10. The van der Waals surface area contributed by atoms with Gasteiger partial charge in [0.05, 0.1) is 22.5 Å². The fourth-order valence-corrected chi connectivity index (χ4v) is 2.88. The molecule has 0 unspecified atom stereocenters. The minimum absolute atomic E-state index is 0.508. The third kappa shape index (κ3) is 3.52. The first-order valence-electron chi connectivity index (χ1n) is 6.99. The number of anilines is 1. The van der Waals surface area contributed by atoms with E-state index in [0.29, 0.717) is 25.6 Å². The molecule has 1 N–H and O–H groups in total. The topological polar surface area (TPSA) is 56.3 Å². The van der Waals surface area contributed by atoms with Gasteiger partial charge in [0.1, 0.15) is 6.61 Å². The monoisotopic (exact) mass is 315 g/mol. The molecule has 0 aliphatic rings. The van der Waals surface area contributed by atoms with Crippen LogP contribution in [0, 0.1) is 0 Å². The fraction of sp³-hybridized carbons (Fsp3) is 0.250. The molecule has 0 atom stereocenters. The molecule has 0 spiro atoms. The molecule has 0 aromatic carbocycles. The summed E-state index contributed by atoms with van der Waals surface area (Å²) in [6, 6.07) is 7.91. The van der Waals surface area contributed by atoms with Gasteiger partial charge in [0.2, 0.25) is 5.88 Å². The molecule has 0 amide bonds. The lowest BCUT2D eigenvalue weighted by atomic mass is 10.2. The highest BCUT2D eigenvalue weighted by molar-refractivity contribution is 7.17. The van der Waals surface area contributed by atoms with Gasteiger partial charge < -0.3 is 14.8 Å². The molecule has 114 valence electrons. The Balaban J connectivity index is 1.60. The van der Waals surface area contributed by atoms with Crippen molar-refractivity contribution in [3.63, 3.8) is 0 Å². The van der Waals surface area contributed by atoms with Gasteiger partial charge in [-0.1, -0.05) is 6.07 Å². The maximum atomic E-state index is 5.45. The zero-order valence-electron chi connectivity index (χ0n) is 12.3. The summed E-state index contributed by atoms with van der Waals surface area (Å²) in [6.07, 6.45) is 3.64. The normalized spacial score (nSPS) is 10.8. The molecule has 0 radical (unpaired) electrons. The lowest BCUT2D eigenvalue weighted by Gasteiger charge is -2.08. The molecular weight excluding hydrogens is 298 g/mol. The number of hydrogen-bond donors (Lipinski definition) is 1. The summed E-state index contributed by atoms with van der Waals surface area (Å²) in [5, 5.41) is 5.48. The standard InChI is InChI=1S/C16H17N3O2S/c1-20-7-8-21-15-3-2-12(11-19-15)10-18-13-4-6-17-14-5-9-22-16(13)14/h2-6,9,11H,7-8,10H2,1H3,(H,17,18). The summed E-state index contributed by atoms with van der Waals surface area (Å²) in [7, 11) is 1.65. The van der Waals surface area contributed by atoms with Crippen molar-refractivity contribution in [3.8, 4) is 5.88 Å². The van der Waals surface area contributed by atoms with Crippen molar-refractivity contribution >= 4 is 27.2 Å². The molecule has 0 saturated carbocycles. The number of fused-ring (bicyclic) bond motifs is 1. The van der Waals surface area contributed by atoms with Crippen LogP contribution in [0.5, 0.6) is 5.88 Å². The van der Waals surface area contributed by atoms with Crippen LogP contribution in [0.25, 0.3) is 10.2 Å². The van der Waals surface area contributed by atoms with Gasteiger partial charge in [-0.25, -0.2) is 4.98 Å². The number of nitrogens with zero attached hydrogens (tertiary/aromatic N) is 2. The number of aromatic nitrogens is 2. The first-order chi connectivity index (χ1) is 10.9. The van der Waals surface area contributed by atoms with E-state index >= 15 is 0 Å². The Kier molecular flexibility index (Phi) is 4.82. The Morgan fingerprint density at radius 3 is 2.91 bits per heavy atom. The van der Waals surface area contributed by atoms with Crippen molar-refractivity contribution in [3.05, 3.63) is 47.6 Å². The molecular formula is C16H17N3O2S. The average Bonchev–Trinajstić information content (AvgIpc) is 3.03. The van der Waals surface area contributed by atoms with E-state index in [9.17, 15) is 0 Å². The number of hydrogen-bond acceptors (Lipinski definition) is 6. The van der Waals surface area contributed by atoms with Crippen LogP contribution >= 0.6 is 11.3 Å². The predicted molar refractivity (Wildman–Crippen MR) is 88.6 cm³/mol. The second-order valence-electron chi connectivity index (χ2n) is 4.69. The van der Waals surface area contributed by atoms with Crippen LogP contribution in [0.2, 0.25) is 0 Å². The summed E-state index contributed by atoms with van der Waals surface area (Å²) in [5.74, 6) is 0.616. The summed E-state index contributed by atoms with van der Waals surface area (Å²) >= 11 is 1.69. The van der Waals surface area contributed by atoms with Gasteiger partial charge in [-0.2, -0.15) is 0 Å². The Bertz CT molecular complexity index is 728. The Labute approximate surface area is 132 Å². The van der Waals surface area contributed by atoms with E-state index in [1.807, 2.05) is 36.7 Å². The number of methoxy groups -OCH3 is 1. The SMILES string of the molecule is COCCOc1ccc(CNc2ccnc3ccsc23)cn1. The zero-order valence-corrected chi connectivity index (χ0v) is 13.1. The van der Waals surface area contributed by atoms with E-state index in [4.69, 9.17) is 9.47 Å². The minimum atomic E-state index is 0.508. The highest BCUT2D eigenvalue weighted by atomic mass is 32.1. The minimum Gasteiger partial charge on any atom is -0.475 e. The quantitative estimate of drug-likeness (QED) is 0.678. The molecule has 0 bridgehead atoms. The van der Waals surface area contributed by atoms with E-state index < -0.39 is 0 Å². The van der Waals surface area contributed by atoms with Gasteiger partial charge in [0, 0.05) is 32.1 Å². The molecule has 5 nitrogen and oxygen atoms in total. The number of nitrogens with one attached hydrogen (secondary N) is 1. The van der Waals surface area contributed by atoms with E-state index in [2.05, 4.69) is 20.7 Å². The molecule has 0 fully saturated rings. The van der Waals surface area contributed by atoms with Gasteiger partial charge in [-0.3, -0.25) is 4.98 Å². The molecule has 0 aliphatic heterocycles. The van der Waals surface area contributed by atoms with Crippen molar-refractivity contribution in [2.75, 3.05) is 25.6 Å². The molecule has 3 aromatic rings. The average molecular weight is 315 g/mol. The maximum Gasteiger partial charge on any atom is 0.213 e. The predicted octanol–water partition coefficient (Wildman–Crippen LogP) is 3.33. The largest absolute Gasteiger partial charge is 0.475 e. The smallest absolute Gasteiger partial charge is 0.213 e. The van der Waals surface area contributed by atoms with E-state index in [-0.39, 0.29) is 0 Å². The van der Waals surface area contributed by atoms with E-state index in [0.717, 1.165) is 16.8 Å². The lowest BCUT2D eigenvalue weighted by molar-refractivity contribution is 0.143. The summed E-state index contributed by atoms with van der Waals surface area (Å²) in [4.78, 5) is 8.62. The van der Waals surface area contributed by atoms with Crippen molar-refractivity contribution in [1.29, 1.82) is 0 Å². The van der Waals surface area contributed by atoms with Crippen molar-refractivity contribution in [1.82, 2.24) is 9.97 Å². The number of ether oxygens (including phenoxy) is 2.